The molecule has 0 bridgehead atoms. The molecule has 0 atom stereocenters. The van der Waals surface area contributed by atoms with E-state index in [1.807, 2.05) is 26.0 Å². The Morgan fingerprint density at radius 1 is 1.29 bits per heavy atom. The second-order valence-electron chi connectivity index (χ2n) is 4.20. The number of benzene rings is 1. The maximum absolute atomic E-state index is 13.3. The summed E-state index contributed by atoms with van der Waals surface area (Å²) in [6, 6.07) is 4.57. The summed E-state index contributed by atoms with van der Waals surface area (Å²) in [5.41, 5.74) is 2.68. The lowest BCUT2D eigenvalue weighted by Crippen LogP contribution is -2.15. The number of aryl methyl sites for hydroxylation is 2. The SMILES string of the molecule is Cc1cc(CNC2CC2)cc(C)c1F. The first kappa shape index (κ1) is 9.66. The normalized spacial score (nSPS) is 15.9. The molecule has 0 aliphatic heterocycles. The van der Waals surface area contributed by atoms with Gasteiger partial charge in [0.05, 0.1) is 0 Å². The highest BCUT2D eigenvalue weighted by Gasteiger charge is 2.20. The molecule has 0 saturated heterocycles. The minimum absolute atomic E-state index is 0.0693. The molecule has 2 rings (SSSR count). The summed E-state index contributed by atoms with van der Waals surface area (Å²) in [4.78, 5) is 0. The molecule has 2 heteroatoms. The Bertz CT molecular complexity index is 319. The monoisotopic (exact) mass is 193 g/mol. The van der Waals surface area contributed by atoms with E-state index in [0.29, 0.717) is 6.04 Å². The van der Waals surface area contributed by atoms with Crippen molar-refractivity contribution < 1.29 is 4.39 Å². The van der Waals surface area contributed by atoms with Gasteiger partial charge in [0.15, 0.2) is 0 Å². The van der Waals surface area contributed by atoms with Gasteiger partial charge in [-0.15, -0.1) is 0 Å². The maximum atomic E-state index is 13.3. The lowest BCUT2D eigenvalue weighted by molar-refractivity contribution is 0.606. The summed E-state index contributed by atoms with van der Waals surface area (Å²) in [6.45, 7) is 4.51. The number of rotatable bonds is 3. The predicted octanol–water partition coefficient (Wildman–Crippen LogP) is 2.69. The zero-order valence-electron chi connectivity index (χ0n) is 8.73. The van der Waals surface area contributed by atoms with Gasteiger partial charge in [0.2, 0.25) is 0 Å². The summed E-state index contributed by atoms with van der Waals surface area (Å²) < 4.78 is 13.3. The van der Waals surface area contributed by atoms with Crippen molar-refractivity contribution in [3.05, 3.63) is 34.6 Å². The van der Waals surface area contributed by atoms with Crippen molar-refractivity contribution in [3.8, 4) is 0 Å². The Labute approximate surface area is 84.3 Å². The molecule has 1 aromatic carbocycles. The fourth-order valence-corrected chi connectivity index (χ4v) is 1.69. The summed E-state index contributed by atoms with van der Waals surface area (Å²) in [5.74, 6) is -0.0693. The van der Waals surface area contributed by atoms with Crippen LogP contribution in [0.1, 0.15) is 29.5 Å². The standard InChI is InChI=1S/C12H16FN/c1-8-5-10(6-9(2)12(8)13)7-14-11-3-4-11/h5-6,11,14H,3-4,7H2,1-2H3. The molecule has 0 spiro atoms. The highest BCUT2D eigenvalue weighted by molar-refractivity contribution is 5.30. The molecule has 1 aromatic rings. The average molecular weight is 193 g/mol. The minimum Gasteiger partial charge on any atom is -0.310 e. The highest BCUT2D eigenvalue weighted by atomic mass is 19.1. The van der Waals surface area contributed by atoms with Gasteiger partial charge in [-0.25, -0.2) is 4.39 Å². The third-order valence-electron chi connectivity index (χ3n) is 2.67. The Morgan fingerprint density at radius 2 is 1.86 bits per heavy atom. The van der Waals surface area contributed by atoms with Gasteiger partial charge in [0.1, 0.15) is 5.82 Å². The van der Waals surface area contributed by atoms with Crippen LogP contribution in [0.2, 0.25) is 0 Å². The Morgan fingerprint density at radius 3 is 2.36 bits per heavy atom. The molecule has 0 amide bonds. The van der Waals surface area contributed by atoms with Crippen molar-refractivity contribution in [3.63, 3.8) is 0 Å². The van der Waals surface area contributed by atoms with Crippen molar-refractivity contribution in [2.75, 3.05) is 0 Å². The summed E-state index contributed by atoms with van der Waals surface area (Å²) in [6.07, 6.45) is 2.58. The molecule has 1 aliphatic carbocycles. The predicted molar refractivity (Wildman–Crippen MR) is 55.7 cm³/mol. The van der Waals surface area contributed by atoms with Crippen LogP contribution in [0, 0.1) is 19.7 Å². The third-order valence-corrected chi connectivity index (χ3v) is 2.67. The van der Waals surface area contributed by atoms with Crippen LogP contribution in [-0.4, -0.2) is 6.04 Å². The van der Waals surface area contributed by atoms with Crippen LogP contribution in [0.5, 0.6) is 0 Å². The number of hydrogen-bond donors (Lipinski definition) is 1. The molecule has 1 saturated carbocycles. The van der Waals surface area contributed by atoms with E-state index in [2.05, 4.69) is 5.32 Å². The molecule has 0 radical (unpaired) electrons. The summed E-state index contributed by atoms with van der Waals surface area (Å²) in [7, 11) is 0. The molecule has 1 nitrogen and oxygen atoms in total. The van der Waals surface area contributed by atoms with Crippen LogP contribution >= 0.6 is 0 Å². The quantitative estimate of drug-likeness (QED) is 0.778. The van der Waals surface area contributed by atoms with Crippen LogP contribution in [0.25, 0.3) is 0 Å². The number of halogens is 1. The molecule has 1 N–H and O–H groups in total. The van der Waals surface area contributed by atoms with E-state index < -0.39 is 0 Å². The van der Waals surface area contributed by atoms with E-state index in [0.717, 1.165) is 17.7 Å². The lowest BCUT2D eigenvalue weighted by Gasteiger charge is -2.07. The number of nitrogens with one attached hydrogen (secondary N) is 1. The summed E-state index contributed by atoms with van der Waals surface area (Å²) in [5, 5.41) is 3.42. The Kier molecular flexibility index (Phi) is 2.55. The molecule has 76 valence electrons. The van der Waals surface area contributed by atoms with E-state index in [4.69, 9.17) is 0 Å². The number of hydrogen-bond acceptors (Lipinski definition) is 1. The fraction of sp³-hybridized carbons (Fsp3) is 0.500. The largest absolute Gasteiger partial charge is 0.310 e. The van der Waals surface area contributed by atoms with Gasteiger partial charge in [-0.05, 0) is 43.4 Å². The third kappa shape index (κ3) is 2.13. The Balaban J connectivity index is 2.08. The highest BCUT2D eigenvalue weighted by Crippen LogP contribution is 2.20. The molecule has 0 unspecified atom stereocenters. The van der Waals surface area contributed by atoms with Crippen molar-refractivity contribution in [1.29, 1.82) is 0 Å². The van der Waals surface area contributed by atoms with Gasteiger partial charge >= 0.3 is 0 Å². The van der Waals surface area contributed by atoms with Gasteiger partial charge in [-0.2, -0.15) is 0 Å². The van der Waals surface area contributed by atoms with Gasteiger partial charge in [0.25, 0.3) is 0 Å². The molecular formula is C12H16FN. The second kappa shape index (κ2) is 3.70. The second-order valence-corrected chi connectivity index (χ2v) is 4.20. The molecule has 0 heterocycles. The first-order valence-corrected chi connectivity index (χ1v) is 5.16. The smallest absolute Gasteiger partial charge is 0.129 e. The van der Waals surface area contributed by atoms with Crippen molar-refractivity contribution in [2.45, 2.75) is 39.3 Å². The van der Waals surface area contributed by atoms with E-state index in [1.165, 1.54) is 18.4 Å². The van der Waals surface area contributed by atoms with Crippen LogP contribution in [0.4, 0.5) is 4.39 Å². The molecule has 14 heavy (non-hydrogen) atoms. The first-order valence-electron chi connectivity index (χ1n) is 5.16. The first-order chi connectivity index (χ1) is 6.66. The molecular weight excluding hydrogens is 177 g/mol. The topological polar surface area (TPSA) is 12.0 Å². The van der Waals surface area contributed by atoms with Crippen molar-refractivity contribution >= 4 is 0 Å². The maximum Gasteiger partial charge on any atom is 0.129 e. The minimum atomic E-state index is -0.0693. The average Bonchev–Trinajstić information content (AvgIpc) is 2.94. The van der Waals surface area contributed by atoms with Gasteiger partial charge < -0.3 is 5.32 Å². The van der Waals surface area contributed by atoms with Crippen LogP contribution < -0.4 is 5.32 Å². The van der Waals surface area contributed by atoms with Gasteiger partial charge in [-0.1, -0.05) is 12.1 Å². The summed E-state index contributed by atoms with van der Waals surface area (Å²) >= 11 is 0. The molecule has 1 fully saturated rings. The van der Waals surface area contributed by atoms with Gasteiger partial charge in [0, 0.05) is 12.6 Å². The van der Waals surface area contributed by atoms with Crippen LogP contribution in [-0.2, 0) is 6.54 Å². The lowest BCUT2D eigenvalue weighted by atomic mass is 10.1. The van der Waals surface area contributed by atoms with Crippen molar-refractivity contribution in [2.24, 2.45) is 0 Å². The molecule has 1 aliphatic rings. The molecule has 0 aromatic heterocycles. The van der Waals surface area contributed by atoms with Crippen LogP contribution in [0.3, 0.4) is 0 Å². The van der Waals surface area contributed by atoms with Crippen LogP contribution in [0.15, 0.2) is 12.1 Å². The van der Waals surface area contributed by atoms with Crippen molar-refractivity contribution in [1.82, 2.24) is 5.32 Å². The zero-order valence-corrected chi connectivity index (χ0v) is 8.73. The zero-order chi connectivity index (χ0) is 10.1. The Hall–Kier alpha value is -0.890. The van der Waals surface area contributed by atoms with E-state index >= 15 is 0 Å². The van der Waals surface area contributed by atoms with E-state index in [1.54, 1.807) is 0 Å². The fourth-order valence-electron chi connectivity index (χ4n) is 1.69. The van der Waals surface area contributed by atoms with E-state index in [-0.39, 0.29) is 5.82 Å². The van der Waals surface area contributed by atoms with E-state index in [9.17, 15) is 4.39 Å². The van der Waals surface area contributed by atoms with Gasteiger partial charge in [-0.3, -0.25) is 0 Å².